The minimum atomic E-state index is -0.423. The van der Waals surface area contributed by atoms with E-state index >= 15 is 0 Å². The van der Waals surface area contributed by atoms with E-state index in [2.05, 4.69) is 14.8 Å². The van der Waals surface area contributed by atoms with E-state index in [1.807, 2.05) is 0 Å². The summed E-state index contributed by atoms with van der Waals surface area (Å²) in [7, 11) is 1.36. The Labute approximate surface area is 124 Å². The van der Waals surface area contributed by atoms with Gasteiger partial charge >= 0.3 is 5.97 Å². The van der Waals surface area contributed by atoms with Crippen molar-refractivity contribution in [2.24, 2.45) is 0 Å². The van der Waals surface area contributed by atoms with Crippen molar-refractivity contribution in [2.45, 2.75) is 25.3 Å². The van der Waals surface area contributed by atoms with Crippen LogP contribution < -0.4 is 10.6 Å². The number of esters is 1. The van der Waals surface area contributed by atoms with Gasteiger partial charge in [0.05, 0.1) is 12.8 Å². The predicted octanol–water partition coefficient (Wildman–Crippen LogP) is 1.12. The molecule has 1 aromatic rings. The van der Waals surface area contributed by atoms with Crippen LogP contribution in [0, 0.1) is 0 Å². The number of carbonyl (C=O) groups is 1. The smallest absolute Gasteiger partial charge is 0.356 e. The Bertz CT molecular complexity index is 534. The number of ether oxygens (including phenoxy) is 1. The first-order chi connectivity index (χ1) is 10.2. The highest BCUT2D eigenvalue weighted by atomic mass is 16.5. The zero-order valence-corrected chi connectivity index (χ0v) is 12.4. The van der Waals surface area contributed by atoms with Gasteiger partial charge in [0.25, 0.3) is 0 Å². The highest BCUT2D eigenvalue weighted by molar-refractivity contribution is 5.88. The number of aromatic nitrogens is 1. The van der Waals surface area contributed by atoms with Gasteiger partial charge in [0.15, 0.2) is 11.5 Å². The molecule has 0 radical (unpaired) electrons. The van der Waals surface area contributed by atoms with Gasteiger partial charge in [0.1, 0.15) is 0 Å². The van der Waals surface area contributed by atoms with Gasteiger partial charge in [-0.15, -0.1) is 0 Å². The van der Waals surface area contributed by atoms with Crippen LogP contribution in [0.2, 0.25) is 0 Å². The van der Waals surface area contributed by atoms with Gasteiger partial charge < -0.3 is 15.4 Å². The third kappa shape index (κ3) is 2.81. The van der Waals surface area contributed by atoms with Gasteiger partial charge in [0.2, 0.25) is 0 Å². The Morgan fingerprint density at radius 1 is 1.33 bits per heavy atom. The lowest BCUT2D eigenvalue weighted by molar-refractivity contribution is 0.0594. The number of fused-ring (bicyclic) bond motifs is 1. The van der Waals surface area contributed by atoms with Crippen molar-refractivity contribution in [2.75, 3.05) is 43.9 Å². The van der Waals surface area contributed by atoms with E-state index in [1.165, 1.54) is 26.5 Å². The van der Waals surface area contributed by atoms with Gasteiger partial charge in [-0.05, 0) is 37.9 Å². The quantitative estimate of drug-likeness (QED) is 0.823. The first kappa shape index (κ1) is 14.1. The van der Waals surface area contributed by atoms with E-state index in [0.717, 1.165) is 26.1 Å². The van der Waals surface area contributed by atoms with Crippen molar-refractivity contribution in [3.63, 3.8) is 0 Å². The van der Waals surface area contributed by atoms with Crippen LogP contribution in [0.1, 0.15) is 29.8 Å². The maximum absolute atomic E-state index is 11.7. The van der Waals surface area contributed by atoms with Gasteiger partial charge in [-0.1, -0.05) is 0 Å². The molecule has 0 spiro atoms. The molecule has 0 saturated carbocycles. The number of hydrogen-bond acceptors (Lipinski definition) is 6. The zero-order chi connectivity index (χ0) is 14.8. The highest BCUT2D eigenvalue weighted by Gasteiger charge is 2.30. The van der Waals surface area contributed by atoms with E-state index in [-0.39, 0.29) is 0 Å². The summed E-state index contributed by atoms with van der Waals surface area (Å²) in [4.78, 5) is 20.9. The van der Waals surface area contributed by atoms with Crippen LogP contribution >= 0.6 is 0 Å². The first-order valence-electron chi connectivity index (χ1n) is 7.53. The van der Waals surface area contributed by atoms with Crippen LogP contribution in [0.3, 0.4) is 0 Å². The summed E-state index contributed by atoms with van der Waals surface area (Å²) in [5.74, 6) is 0.292. The van der Waals surface area contributed by atoms with E-state index in [1.54, 1.807) is 12.1 Å². The lowest BCUT2D eigenvalue weighted by Gasteiger charge is -2.27. The van der Waals surface area contributed by atoms with Crippen molar-refractivity contribution in [3.8, 4) is 0 Å². The number of methoxy groups -OCH3 is 1. The number of nitrogens with two attached hydrogens (primary N) is 1. The van der Waals surface area contributed by atoms with Crippen molar-refractivity contribution >= 4 is 17.5 Å². The molecule has 6 heteroatoms. The first-order valence-corrected chi connectivity index (χ1v) is 7.53. The summed E-state index contributed by atoms with van der Waals surface area (Å²) in [5, 5.41) is 0. The number of nitrogen functional groups attached to an aromatic ring is 1. The summed E-state index contributed by atoms with van der Waals surface area (Å²) in [6.07, 6.45) is 3.59. The molecule has 1 atom stereocenters. The Balaban J connectivity index is 1.86. The molecule has 21 heavy (non-hydrogen) atoms. The summed E-state index contributed by atoms with van der Waals surface area (Å²) in [5.41, 5.74) is 7.01. The van der Waals surface area contributed by atoms with E-state index < -0.39 is 5.97 Å². The fraction of sp³-hybridized carbons (Fsp3) is 0.600. The number of anilines is 2. The molecular weight excluding hydrogens is 268 g/mol. The molecule has 0 bridgehead atoms. The number of nitrogens with zero attached hydrogens (tertiary/aromatic N) is 3. The molecule has 2 saturated heterocycles. The van der Waals surface area contributed by atoms with E-state index in [9.17, 15) is 4.79 Å². The van der Waals surface area contributed by atoms with Gasteiger partial charge in [-0.25, -0.2) is 9.78 Å². The van der Waals surface area contributed by atoms with E-state index in [0.29, 0.717) is 23.2 Å². The largest absolute Gasteiger partial charge is 0.464 e. The van der Waals surface area contributed by atoms with Crippen LogP contribution in [0.4, 0.5) is 11.5 Å². The van der Waals surface area contributed by atoms with Crippen molar-refractivity contribution < 1.29 is 9.53 Å². The molecular formula is C15H22N4O2. The number of pyridine rings is 1. The summed E-state index contributed by atoms with van der Waals surface area (Å²) in [6, 6.07) is 3.94. The second-order valence-corrected chi connectivity index (χ2v) is 5.73. The molecule has 2 N–H and O–H groups in total. The normalized spacial score (nSPS) is 22.7. The zero-order valence-electron chi connectivity index (χ0n) is 12.4. The van der Waals surface area contributed by atoms with Gasteiger partial charge in [0, 0.05) is 25.7 Å². The minimum Gasteiger partial charge on any atom is -0.464 e. The standard InChI is InChI=1S/C15H22N4O2/c1-21-15(20)13-6-5-12(16)14(17-13)19-9-3-8-18-7-2-4-11(18)10-19/h5-6,11H,2-4,7-10,16H2,1H3. The lowest BCUT2D eigenvalue weighted by Crippen LogP contribution is -2.37. The third-order valence-electron chi connectivity index (χ3n) is 4.40. The highest BCUT2D eigenvalue weighted by Crippen LogP contribution is 2.27. The average molecular weight is 290 g/mol. The topological polar surface area (TPSA) is 71.7 Å². The van der Waals surface area contributed by atoms with Crippen LogP contribution in [0.25, 0.3) is 0 Å². The van der Waals surface area contributed by atoms with Crippen molar-refractivity contribution in [1.29, 1.82) is 0 Å². The number of carbonyl (C=O) groups excluding carboxylic acids is 1. The van der Waals surface area contributed by atoms with Crippen molar-refractivity contribution in [3.05, 3.63) is 17.8 Å². The number of rotatable bonds is 2. The van der Waals surface area contributed by atoms with Crippen LogP contribution in [0.15, 0.2) is 12.1 Å². The number of hydrogen-bond donors (Lipinski definition) is 1. The Morgan fingerprint density at radius 2 is 2.14 bits per heavy atom. The summed E-state index contributed by atoms with van der Waals surface area (Å²) >= 11 is 0. The second kappa shape index (κ2) is 5.89. The molecule has 1 unspecified atom stereocenters. The molecule has 0 aliphatic carbocycles. The molecule has 0 aromatic carbocycles. The molecule has 1 aromatic heterocycles. The molecule has 3 heterocycles. The summed E-state index contributed by atoms with van der Waals surface area (Å²) < 4.78 is 4.74. The minimum absolute atomic E-state index is 0.314. The Hall–Kier alpha value is -1.82. The second-order valence-electron chi connectivity index (χ2n) is 5.73. The molecule has 114 valence electrons. The fourth-order valence-electron chi connectivity index (χ4n) is 3.33. The van der Waals surface area contributed by atoms with Gasteiger partial charge in [-0.3, -0.25) is 4.90 Å². The predicted molar refractivity (Wildman–Crippen MR) is 81.4 cm³/mol. The van der Waals surface area contributed by atoms with Crippen molar-refractivity contribution in [1.82, 2.24) is 9.88 Å². The maximum Gasteiger partial charge on any atom is 0.356 e. The monoisotopic (exact) mass is 290 g/mol. The third-order valence-corrected chi connectivity index (χ3v) is 4.40. The molecule has 2 aliphatic rings. The lowest BCUT2D eigenvalue weighted by atomic mass is 10.2. The molecule has 6 nitrogen and oxygen atoms in total. The Kier molecular flexibility index (Phi) is 3.96. The van der Waals surface area contributed by atoms with E-state index in [4.69, 9.17) is 10.5 Å². The molecule has 2 fully saturated rings. The molecule has 3 rings (SSSR count). The Morgan fingerprint density at radius 3 is 2.95 bits per heavy atom. The SMILES string of the molecule is COC(=O)c1ccc(N)c(N2CCCN3CCCC3C2)n1. The molecule has 2 aliphatic heterocycles. The fourth-order valence-corrected chi connectivity index (χ4v) is 3.33. The van der Waals surface area contributed by atoms with Crippen LogP contribution in [-0.2, 0) is 4.74 Å². The maximum atomic E-state index is 11.7. The average Bonchev–Trinajstić information content (AvgIpc) is 2.84. The summed E-state index contributed by atoms with van der Waals surface area (Å²) in [6.45, 7) is 4.19. The van der Waals surface area contributed by atoms with Crippen LogP contribution in [-0.4, -0.2) is 55.2 Å². The van der Waals surface area contributed by atoms with Crippen LogP contribution in [0.5, 0.6) is 0 Å². The molecule has 0 amide bonds. The van der Waals surface area contributed by atoms with Gasteiger partial charge in [-0.2, -0.15) is 0 Å².